The summed E-state index contributed by atoms with van der Waals surface area (Å²) in [7, 11) is 3.50. The van der Waals surface area contributed by atoms with Crippen molar-refractivity contribution in [2.24, 2.45) is 0 Å². The number of ether oxygens (including phenoxy) is 1. The number of thiazole rings is 1. The first-order chi connectivity index (χ1) is 18.4. The van der Waals surface area contributed by atoms with Crippen LogP contribution in [-0.4, -0.2) is 64.9 Å². The lowest BCUT2D eigenvalue weighted by molar-refractivity contribution is -0.131. The molecule has 2 amide bonds. The molecule has 1 atom stereocenters. The second-order valence-corrected chi connectivity index (χ2v) is 10.9. The molecule has 1 N–H and O–H groups in total. The maximum Gasteiger partial charge on any atom is 0.273 e. The largest absolute Gasteiger partial charge is 0.496 e. The molecule has 5 rings (SSSR count). The molecular formula is C30H34N4O3S. The number of hydrogen-bond acceptors (Lipinski definition) is 5. The molecular weight excluding hydrogens is 496 g/mol. The Balaban J connectivity index is 1.15. The number of nitrogens with one attached hydrogen (secondary N) is 1. The number of carbonyl (C=O) groups excluding carboxylic acids is 2. The fourth-order valence-corrected chi connectivity index (χ4v) is 6.17. The molecule has 8 heteroatoms. The van der Waals surface area contributed by atoms with Gasteiger partial charge in [-0.1, -0.05) is 36.4 Å². The summed E-state index contributed by atoms with van der Waals surface area (Å²) in [5, 5.41) is 3.97. The number of carbonyl (C=O) groups is 2. The van der Waals surface area contributed by atoms with Crippen molar-refractivity contribution in [1.29, 1.82) is 0 Å². The van der Waals surface area contributed by atoms with E-state index in [9.17, 15) is 9.59 Å². The Morgan fingerprint density at radius 1 is 1.13 bits per heavy atom. The first kappa shape index (κ1) is 26.0. The van der Waals surface area contributed by atoms with Crippen molar-refractivity contribution in [3.63, 3.8) is 0 Å². The van der Waals surface area contributed by atoms with Crippen LogP contribution in [0.15, 0.2) is 60.1 Å². The van der Waals surface area contributed by atoms with E-state index in [0.29, 0.717) is 31.6 Å². The summed E-state index contributed by atoms with van der Waals surface area (Å²) in [4.78, 5) is 37.9. The van der Waals surface area contributed by atoms with E-state index in [1.54, 1.807) is 23.3 Å². The number of piperidine rings is 1. The number of likely N-dealkylation sites (N-methyl/N-ethyl adjacent to an activating group) is 1. The topological polar surface area (TPSA) is 78.5 Å². The van der Waals surface area contributed by atoms with E-state index >= 15 is 0 Å². The molecule has 1 aliphatic rings. The second kappa shape index (κ2) is 11.4. The van der Waals surface area contributed by atoms with Crippen LogP contribution in [0.4, 0.5) is 0 Å². The average molecular weight is 531 g/mol. The zero-order valence-electron chi connectivity index (χ0n) is 22.1. The zero-order chi connectivity index (χ0) is 26.6. The fraction of sp³-hybridized carbons (Fsp3) is 0.367. The van der Waals surface area contributed by atoms with Crippen molar-refractivity contribution in [2.45, 2.75) is 44.6 Å². The van der Waals surface area contributed by atoms with Gasteiger partial charge in [0.15, 0.2) is 0 Å². The molecule has 7 nitrogen and oxygen atoms in total. The van der Waals surface area contributed by atoms with Crippen LogP contribution in [0.25, 0.3) is 10.9 Å². The highest BCUT2D eigenvalue weighted by atomic mass is 32.1. The Labute approximate surface area is 227 Å². The van der Waals surface area contributed by atoms with Crippen LogP contribution in [0.5, 0.6) is 5.75 Å². The molecule has 2 aromatic heterocycles. The lowest BCUT2D eigenvalue weighted by atomic mass is 9.97. The third-order valence-corrected chi connectivity index (χ3v) is 8.65. The van der Waals surface area contributed by atoms with Gasteiger partial charge in [0, 0.05) is 54.6 Å². The maximum absolute atomic E-state index is 13.2. The maximum atomic E-state index is 13.2. The van der Waals surface area contributed by atoms with Gasteiger partial charge in [-0.05, 0) is 49.4 Å². The number of aromatic amines is 1. The van der Waals surface area contributed by atoms with Crippen LogP contribution < -0.4 is 4.74 Å². The minimum absolute atomic E-state index is 0.00431. The molecule has 0 aliphatic carbocycles. The summed E-state index contributed by atoms with van der Waals surface area (Å²) >= 11 is 1.55. The second-order valence-electron chi connectivity index (χ2n) is 10.0. The van der Waals surface area contributed by atoms with E-state index in [-0.39, 0.29) is 23.8 Å². The number of methoxy groups -OCH3 is 1. The SMILES string of the molecule is COc1ccccc1CC(C)N(C)C(=O)c1csc(C2CCN(C(=O)Cc3c[nH]c4ccccc34)CC2)n1. The van der Waals surface area contributed by atoms with Crippen LogP contribution in [-0.2, 0) is 17.6 Å². The number of benzene rings is 2. The van der Waals surface area contributed by atoms with Crippen LogP contribution in [0, 0.1) is 0 Å². The first-order valence-corrected chi connectivity index (χ1v) is 14.0. The van der Waals surface area contributed by atoms with Crippen molar-refractivity contribution >= 4 is 34.1 Å². The highest BCUT2D eigenvalue weighted by Gasteiger charge is 2.28. The molecule has 1 saturated heterocycles. The zero-order valence-corrected chi connectivity index (χ0v) is 23.0. The highest BCUT2D eigenvalue weighted by molar-refractivity contribution is 7.09. The monoisotopic (exact) mass is 530 g/mol. The quantitative estimate of drug-likeness (QED) is 0.336. The van der Waals surface area contributed by atoms with E-state index in [0.717, 1.165) is 45.6 Å². The molecule has 198 valence electrons. The molecule has 0 spiro atoms. The predicted molar refractivity (Wildman–Crippen MR) is 151 cm³/mol. The van der Waals surface area contributed by atoms with Crippen molar-refractivity contribution < 1.29 is 14.3 Å². The van der Waals surface area contributed by atoms with E-state index in [1.165, 1.54) is 0 Å². The number of H-pyrrole nitrogens is 1. The van der Waals surface area contributed by atoms with Crippen molar-refractivity contribution in [1.82, 2.24) is 19.8 Å². The normalized spacial score (nSPS) is 15.0. The van der Waals surface area contributed by atoms with Gasteiger partial charge in [0.2, 0.25) is 5.91 Å². The molecule has 3 heterocycles. The molecule has 1 aliphatic heterocycles. The lowest BCUT2D eigenvalue weighted by Gasteiger charge is -2.31. The standard InChI is InChI=1S/C30H34N4O3S/c1-20(16-22-8-4-7-11-27(22)37-3)33(2)30(36)26-19-38-29(32-26)21-12-14-34(15-13-21)28(35)17-23-18-31-25-10-6-5-9-24(23)25/h4-11,18-21,31H,12-17H2,1-3H3. The molecule has 4 aromatic rings. The number of aromatic nitrogens is 2. The van der Waals surface area contributed by atoms with Gasteiger partial charge >= 0.3 is 0 Å². The summed E-state index contributed by atoms with van der Waals surface area (Å²) in [6, 6.07) is 16.0. The number of hydrogen-bond donors (Lipinski definition) is 1. The summed E-state index contributed by atoms with van der Waals surface area (Å²) in [6.07, 6.45) is 4.78. The van der Waals surface area contributed by atoms with Crippen LogP contribution in [0.2, 0.25) is 0 Å². The number of para-hydroxylation sites is 2. The van der Waals surface area contributed by atoms with Gasteiger partial charge in [-0.15, -0.1) is 11.3 Å². The Morgan fingerprint density at radius 3 is 2.66 bits per heavy atom. The third-order valence-electron chi connectivity index (χ3n) is 7.64. The Hall–Kier alpha value is -3.65. The van der Waals surface area contributed by atoms with Crippen molar-refractivity contribution in [2.75, 3.05) is 27.2 Å². The van der Waals surface area contributed by atoms with Gasteiger partial charge in [0.05, 0.1) is 18.5 Å². The smallest absolute Gasteiger partial charge is 0.273 e. The van der Waals surface area contributed by atoms with E-state index < -0.39 is 0 Å². The van der Waals surface area contributed by atoms with E-state index in [2.05, 4.69) is 11.1 Å². The summed E-state index contributed by atoms with van der Waals surface area (Å²) in [5.74, 6) is 1.20. The van der Waals surface area contributed by atoms with Crippen molar-refractivity contribution in [3.8, 4) is 5.75 Å². The van der Waals surface area contributed by atoms with Gasteiger partial charge in [-0.25, -0.2) is 4.98 Å². The highest BCUT2D eigenvalue weighted by Crippen LogP contribution is 2.31. The minimum atomic E-state index is -0.0683. The van der Waals surface area contributed by atoms with E-state index in [4.69, 9.17) is 9.72 Å². The van der Waals surface area contributed by atoms with E-state index in [1.807, 2.05) is 72.9 Å². The Morgan fingerprint density at radius 2 is 1.87 bits per heavy atom. The van der Waals surface area contributed by atoms with Gasteiger partial charge < -0.3 is 19.5 Å². The number of nitrogens with zero attached hydrogens (tertiary/aromatic N) is 3. The minimum Gasteiger partial charge on any atom is -0.496 e. The average Bonchev–Trinajstić information content (AvgIpc) is 3.61. The Bertz CT molecular complexity index is 1420. The summed E-state index contributed by atoms with van der Waals surface area (Å²) in [5.41, 5.74) is 3.67. The van der Waals surface area contributed by atoms with Gasteiger partial charge in [-0.2, -0.15) is 0 Å². The summed E-state index contributed by atoms with van der Waals surface area (Å²) in [6.45, 7) is 3.47. The van der Waals surface area contributed by atoms with Crippen LogP contribution in [0.1, 0.15) is 52.3 Å². The fourth-order valence-electron chi connectivity index (χ4n) is 5.21. The molecule has 2 aromatic carbocycles. The van der Waals surface area contributed by atoms with Gasteiger partial charge in [0.1, 0.15) is 11.4 Å². The number of amides is 2. The molecule has 0 bridgehead atoms. The molecule has 0 saturated carbocycles. The third kappa shape index (κ3) is 5.45. The lowest BCUT2D eigenvalue weighted by Crippen LogP contribution is -2.38. The van der Waals surface area contributed by atoms with Crippen molar-refractivity contribution in [3.05, 3.63) is 81.9 Å². The van der Waals surface area contributed by atoms with Gasteiger partial charge in [0.25, 0.3) is 5.91 Å². The molecule has 1 fully saturated rings. The van der Waals surface area contributed by atoms with Gasteiger partial charge in [-0.3, -0.25) is 9.59 Å². The molecule has 38 heavy (non-hydrogen) atoms. The molecule has 1 unspecified atom stereocenters. The number of fused-ring (bicyclic) bond motifs is 1. The van der Waals surface area contributed by atoms with Crippen LogP contribution in [0.3, 0.4) is 0 Å². The summed E-state index contributed by atoms with van der Waals surface area (Å²) < 4.78 is 5.47. The number of rotatable bonds is 8. The Kier molecular flexibility index (Phi) is 7.79. The predicted octanol–water partition coefficient (Wildman–Crippen LogP) is 5.28. The van der Waals surface area contributed by atoms with Crippen LogP contribution >= 0.6 is 11.3 Å². The number of likely N-dealkylation sites (tertiary alicyclic amines) is 1. The first-order valence-electron chi connectivity index (χ1n) is 13.1. The molecule has 0 radical (unpaired) electrons.